The monoisotopic (exact) mass is 487 g/mol. The highest BCUT2D eigenvalue weighted by molar-refractivity contribution is 6.30. The molecule has 33 heavy (non-hydrogen) atoms. The molecule has 7 heteroatoms. The molecule has 0 fully saturated rings. The van der Waals surface area contributed by atoms with Gasteiger partial charge in [-0.25, -0.2) is 4.79 Å². The minimum absolute atomic E-state index is 0. The fourth-order valence-corrected chi connectivity index (χ4v) is 4.36. The zero-order chi connectivity index (χ0) is 22.7. The van der Waals surface area contributed by atoms with Crippen molar-refractivity contribution in [3.05, 3.63) is 93.5 Å². The van der Waals surface area contributed by atoms with Gasteiger partial charge in [0.1, 0.15) is 11.5 Å². The van der Waals surface area contributed by atoms with Gasteiger partial charge in [0, 0.05) is 23.2 Å². The number of carboxylic acids is 1. The van der Waals surface area contributed by atoms with Crippen LogP contribution in [0.5, 0.6) is 11.5 Å². The summed E-state index contributed by atoms with van der Waals surface area (Å²) in [6, 6.07) is 18.6. The van der Waals surface area contributed by atoms with Crippen molar-refractivity contribution in [1.29, 1.82) is 0 Å². The number of rotatable bonds is 7. The van der Waals surface area contributed by atoms with Crippen LogP contribution in [-0.2, 0) is 12.8 Å². The van der Waals surface area contributed by atoms with Crippen LogP contribution >= 0.6 is 24.0 Å². The highest BCUT2D eigenvalue weighted by atomic mass is 35.5. The average Bonchev–Trinajstić information content (AvgIpc) is 2.78. The Hall–Kier alpha value is -2.57. The Bertz CT molecular complexity index is 1140. The number of aliphatic hydroxyl groups is 1. The summed E-state index contributed by atoms with van der Waals surface area (Å²) in [5.41, 5.74) is 4.14. The number of aryl methyl sites for hydroxylation is 1. The van der Waals surface area contributed by atoms with E-state index in [1.807, 2.05) is 24.3 Å². The third-order valence-electron chi connectivity index (χ3n) is 5.98. The molecule has 174 valence electrons. The van der Waals surface area contributed by atoms with E-state index in [1.54, 1.807) is 37.3 Å². The number of halogens is 2. The minimum Gasteiger partial charge on any atom is -0.478 e. The Labute approximate surface area is 204 Å². The number of carbonyl (C=O) groups is 1. The molecule has 0 amide bonds. The van der Waals surface area contributed by atoms with E-state index in [4.69, 9.17) is 16.3 Å². The third-order valence-corrected chi connectivity index (χ3v) is 6.22. The summed E-state index contributed by atoms with van der Waals surface area (Å²) in [7, 11) is 0. The van der Waals surface area contributed by atoms with Crippen molar-refractivity contribution in [3.8, 4) is 11.5 Å². The zero-order valence-electron chi connectivity index (χ0n) is 18.3. The molecule has 0 aliphatic heterocycles. The van der Waals surface area contributed by atoms with Crippen molar-refractivity contribution in [2.75, 3.05) is 6.54 Å². The van der Waals surface area contributed by atoms with E-state index in [-0.39, 0.29) is 24.0 Å². The lowest BCUT2D eigenvalue weighted by Gasteiger charge is -2.27. The van der Waals surface area contributed by atoms with Crippen molar-refractivity contribution in [2.24, 2.45) is 0 Å². The first kappa shape index (κ1) is 25.1. The number of benzene rings is 3. The molecule has 0 spiro atoms. The lowest BCUT2D eigenvalue weighted by molar-refractivity contribution is 0.0695. The Balaban J connectivity index is 0.00000306. The third kappa shape index (κ3) is 6.06. The van der Waals surface area contributed by atoms with Crippen molar-refractivity contribution < 1.29 is 19.7 Å². The predicted molar refractivity (Wildman–Crippen MR) is 132 cm³/mol. The largest absolute Gasteiger partial charge is 0.478 e. The molecule has 2 atom stereocenters. The Morgan fingerprint density at radius 3 is 2.70 bits per heavy atom. The van der Waals surface area contributed by atoms with Crippen LogP contribution in [0, 0.1) is 6.92 Å². The molecule has 1 aliphatic rings. The number of hydrogen-bond acceptors (Lipinski definition) is 4. The summed E-state index contributed by atoms with van der Waals surface area (Å²) in [6.45, 7) is 2.21. The minimum atomic E-state index is -0.965. The maximum Gasteiger partial charge on any atom is 0.336 e. The number of fused-ring (bicyclic) bond motifs is 1. The van der Waals surface area contributed by atoms with Crippen molar-refractivity contribution in [3.63, 3.8) is 0 Å². The number of carboxylic acid groups (broad SMARTS) is 1. The van der Waals surface area contributed by atoms with Gasteiger partial charge in [0.05, 0.1) is 11.7 Å². The highest BCUT2D eigenvalue weighted by Crippen LogP contribution is 2.31. The van der Waals surface area contributed by atoms with Crippen LogP contribution in [0.2, 0.25) is 5.02 Å². The van der Waals surface area contributed by atoms with Crippen LogP contribution in [0.3, 0.4) is 0 Å². The van der Waals surface area contributed by atoms with Gasteiger partial charge in [-0.1, -0.05) is 35.9 Å². The fourth-order valence-electron chi connectivity index (χ4n) is 4.16. The highest BCUT2D eigenvalue weighted by Gasteiger charge is 2.21. The smallest absolute Gasteiger partial charge is 0.336 e. The first-order chi connectivity index (χ1) is 15.4. The second-order valence-electron chi connectivity index (χ2n) is 8.19. The summed E-state index contributed by atoms with van der Waals surface area (Å²) >= 11 is 6.03. The summed E-state index contributed by atoms with van der Waals surface area (Å²) < 4.78 is 6.03. The fraction of sp³-hybridized carbons (Fsp3) is 0.269. The SMILES string of the molecule is Cc1c(Oc2ccc3c(c2)C[C@@H](NC[C@H](O)c2cccc(Cl)c2)CC3)cccc1C(=O)O.Cl. The normalized spacial score (nSPS) is 15.8. The summed E-state index contributed by atoms with van der Waals surface area (Å²) in [4.78, 5) is 11.4. The van der Waals surface area contributed by atoms with Crippen molar-refractivity contribution >= 4 is 30.0 Å². The molecule has 5 nitrogen and oxygen atoms in total. The maximum absolute atomic E-state index is 11.4. The molecule has 0 saturated carbocycles. The molecule has 3 aromatic rings. The lowest BCUT2D eigenvalue weighted by atomic mass is 9.88. The predicted octanol–water partition coefficient (Wildman–Crippen LogP) is 5.74. The van der Waals surface area contributed by atoms with E-state index in [2.05, 4.69) is 11.4 Å². The Morgan fingerprint density at radius 2 is 1.94 bits per heavy atom. The maximum atomic E-state index is 11.4. The number of ether oxygens (including phenoxy) is 1. The van der Waals surface area contributed by atoms with Gasteiger partial charge in [-0.2, -0.15) is 0 Å². The molecule has 3 N–H and O–H groups in total. The molecule has 0 aromatic heterocycles. The van der Waals surface area contributed by atoms with E-state index in [0.717, 1.165) is 24.8 Å². The molecule has 0 saturated heterocycles. The van der Waals surface area contributed by atoms with Crippen LogP contribution < -0.4 is 10.1 Å². The van der Waals surface area contributed by atoms with Crippen LogP contribution in [0.25, 0.3) is 0 Å². The molecular formula is C26H27Cl2NO4. The molecule has 3 aromatic carbocycles. The molecular weight excluding hydrogens is 461 g/mol. The van der Waals surface area contributed by atoms with E-state index in [9.17, 15) is 15.0 Å². The van der Waals surface area contributed by atoms with Gasteiger partial charge < -0.3 is 20.3 Å². The van der Waals surface area contributed by atoms with Gasteiger partial charge in [-0.15, -0.1) is 12.4 Å². The summed E-state index contributed by atoms with van der Waals surface area (Å²) in [5, 5.41) is 23.9. The van der Waals surface area contributed by atoms with Crippen LogP contribution in [0.4, 0.5) is 0 Å². The quantitative estimate of drug-likeness (QED) is 0.395. The van der Waals surface area contributed by atoms with Gasteiger partial charge >= 0.3 is 5.97 Å². The summed E-state index contributed by atoms with van der Waals surface area (Å²) in [6.07, 6.45) is 2.17. The zero-order valence-corrected chi connectivity index (χ0v) is 19.8. The second kappa shape index (κ2) is 11.0. The molecule has 4 rings (SSSR count). The summed E-state index contributed by atoms with van der Waals surface area (Å²) in [5.74, 6) is 0.265. The molecule has 0 unspecified atom stereocenters. The average molecular weight is 488 g/mol. The first-order valence-corrected chi connectivity index (χ1v) is 11.1. The van der Waals surface area contributed by atoms with E-state index in [1.165, 1.54) is 11.1 Å². The topological polar surface area (TPSA) is 78.8 Å². The first-order valence-electron chi connectivity index (χ1n) is 10.7. The van der Waals surface area contributed by atoms with Gasteiger partial charge in [0.2, 0.25) is 0 Å². The lowest BCUT2D eigenvalue weighted by Crippen LogP contribution is -2.37. The Kier molecular flexibility index (Phi) is 8.38. The van der Waals surface area contributed by atoms with Gasteiger partial charge in [0.15, 0.2) is 0 Å². The number of aromatic carboxylic acids is 1. The van der Waals surface area contributed by atoms with E-state index in [0.29, 0.717) is 28.6 Å². The van der Waals surface area contributed by atoms with Gasteiger partial charge in [-0.05, 0) is 79.3 Å². The molecule has 0 bridgehead atoms. The number of hydrogen-bond donors (Lipinski definition) is 3. The van der Waals surface area contributed by atoms with Crippen molar-refractivity contribution in [1.82, 2.24) is 5.32 Å². The van der Waals surface area contributed by atoms with E-state index < -0.39 is 12.1 Å². The van der Waals surface area contributed by atoms with Gasteiger partial charge in [0.25, 0.3) is 0 Å². The van der Waals surface area contributed by atoms with E-state index >= 15 is 0 Å². The molecule has 0 heterocycles. The number of nitrogens with one attached hydrogen (secondary N) is 1. The van der Waals surface area contributed by atoms with Crippen LogP contribution in [0.15, 0.2) is 60.7 Å². The van der Waals surface area contributed by atoms with Crippen molar-refractivity contribution in [2.45, 2.75) is 38.3 Å². The number of aliphatic hydroxyl groups excluding tert-OH is 1. The Morgan fingerprint density at radius 1 is 1.15 bits per heavy atom. The van der Waals surface area contributed by atoms with Crippen LogP contribution in [-0.4, -0.2) is 28.8 Å². The molecule has 0 radical (unpaired) electrons. The second-order valence-corrected chi connectivity index (χ2v) is 8.62. The standard InChI is InChI=1S/C26H26ClNO4.ClH/c1-16-23(26(30)31)6-3-7-25(16)32-22-11-9-17-8-10-21(13-19(17)14-22)28-15-24(29)18-4-2-5-20(27)12-18;/h2-7,9,11-12,14,21,24,28-29H,8,10,13,15H2,1H3,(H,30,31);1H/t21-,24-;/m0./s1. The van der Waals surface area contributed by atoms with Crippen LogP contribution in [0.1, 0.15) is 45.1 Å². The molecule has 1 aliphatic carbocycles. The van der Waals surface area contributed by atoms with Gasteiger partial charge in [-0.3, -0.25) is 0 Å².